The van der Waals surface area contributed by atoms with Gasteiger partial charge in [0.1, 0.15) is 5.76 Å². The van der Waals surface area contributed by atoms with Gasteiger partial charge in [0.2, 0.25) is 0 Å². The molecule has 0 saturated carbocycles. The highest BCUT2D eigenvalue weighted by atomic mass is 16.5. The average Bonchev–Trinajstić information content (AvgIpc) is 3.49. The lowest BCUT2D eigenvalue weighted by Gasteiger charge is -2.32. The smallest absolute Gasteiger partial charge is 0.194 e. The molecule has 2 aliphatic rings. The Labute approximate surface area is 178 Å². The molecular formula is C23H31N3O4. The summed E-state index contributed by atoms with van der Waals surface area (Å²) in [6.45, 7) is 4.00. The molecule has 3 heterocycles. The minimum atomic E-state index is 0.230. The van der Waals surface area contributed by atoms with Crippen LogP contribution in [0.3, 0.4) is 0 Å². The molecule has 1 aromatic heterocycles. The second-order valence-corrected chi connectivity index (χ2v) is 7.70. The number of benzene rings is 1. The fourth-order valence-electron chi connectivity index (χ4n) is 4.06. The van der Waals surface area contributed by atoms with Crippen LogP contribution in [-0.2, 0) is 24.1 Å². The third-order valence-electron chi connectivity index (χ3n) is 5.72. The molecule has 7 heteroatoms. The molecule has 2 aliphatic heterocycles. The monoisotopic (exact) mass is 413 g/mol. The van der Waals surface area contributed by atoms with Crippen LogP contribution in [0.4, 0.5) is 0 Å². The zero-order valence-electron chi connectivity index (χ0n) is 17.9. The molecule has 0 radical (unpaired) electrons. The summed E-state index contributed by atoms with van der Waals surface area (Å²) in [7, 11) is 3.35. The van der Waals surface area contributed by atoms with Gasteiger partial charge in [0, 0.05) is 32.7 Å². The second kappa shape index (κ2) is 9.89. The number of guanidine groups is 1. The van der Waals surface area contributed by atoms with Crippen molar-refractivity contribution in [2.24, 2.45) is 4.99 Å². The molecule has 0 spiro atoms. The van der Waals surface area contributed by atoms with Crippen LogP contribution in [0.2, 0.25) is 0 Å². The summed E-state index contributed by atoms with van der Waals surface area (Å²) in [6, 6.07) is 8.10. The van der Waals surface area contributed by atoms with Crippen molar-refractivity contribution < 1.29 is 18.6 Å². The van der Waals surface area contributed by atoms with E-state index >= 15 is 0 Å². The largest absolute Gasteiger partial charge is 0.493 e. The number of nitrogens with zero attached hydrogens (tertiary/aromatic N) is 2. The highest BCUT2D eigenvalue weighted by Gasteiger charge is 2.23. The van der Waals surface area contributed by atoms with Gasteiger partial charge in [0.05, 0.1) is 33.1 Å². The molecule has 4 rings (SSSR count). The average molecular weight is 414 g/mol. The van der Waals surface area contributed by atoms with Gasteiger partial charge in [-0.25, -0.2) is 0 Å². The van der Waals surface area contributed by atoms with Crippen molar-refractivity contribution in [1.82, 2.24) is 10.2 Å². The van der Waals surface area contributed by atoms with E-state index < -0.39 is 0 Å². The molecule has 1 aromatic carbocycles. The number of nitrogens with one attached hydrogen (secondary N) is 1. The Bertz CT molecular complexity index is 844. The van der Waals surface area contributed by atoms with E-state index in [-0.39, 0.29) is 6.10 Å². The quantitative estimate of drug-likeness (QED) is 0.556. The molecule has 162 valence electrons. The van der Waals surface area contributed by atoms with Crippen LogP contribution in [-0.4, -0.2) is 57.4 Å². The summed E-state index contributed by atoms with van der Waals surface area (Å²) < 4.78 is 22.2. The van der Waals surface area contributed by atoms with Crippen molar-refractivity contribution in [3.8, 4) is 11.5 Å². The number of methoxy groups -OCH3 is 2. The van der Waals surface area contributed by atoms with Crippen molar-refractivity contribution in [2.75, 3.05) is 40.5 Å². The van der Waals surface area contributed by atoms with E-state index in [9.17, 15) is 0 Å². The fraction of sp³-hybridized carbons (Fsp3) is 0.522. The summed E-state index contributed by atoms with van der Waals surface area (Å²) in [4.78, 5) is 7.23. The van der Waals surface area contributed by atoms with Crippen LogP contribution >= 0.6 is 0 Å². The van der Waals surface area contributed by atoms with Crippen molar-refractivity contribution >= 4 is 5.96 Å². The van der Waals surface area contributed by atoms with Crippen molar-refractivity contribution in [1.29, 1.82) is 0 Å². The van der Waals surface area contributed by atoms with Gasteiger partial charge in [-0.2, -0.15) is 0 Å². The Morgan fingerprint density at radius 1 is 1.23 bits per heavy atom. The van der Waals surface area contributed by atoms with E-state index in [1.165, 1.54) is 11.1 Å². The molecule has 1 saturated heterocycles. The summed E-state index contributed by atoms with van der Waals surface area (Å²) in [6.07, 6.45) is 5.91. The standard InChI is InChI=1S/C23H31N3O4/c1-27-21-13-17-8-10-26(16-18(17)14-22(21)28-2)23(25-15-20-6-4-12-30-20)24-9-7-19-5-3-11-29-19/h3,5,11,13-14,20H,4,6-10,12,15-16H2,1-2H3,(H,24,25). The third-order valence-corrected chi connectivity index (χ3v) is 5.72. The first kappa shape index (κ1) is 20.6. The van der Waals surface area contributed by atoms with Crippen LogP contribution in [0.1, 0.15) is 29.7 Å². The van der Waals surface area contributed by atoms with Crippen molar-refractivity contribution in [2.45, 2.75) is 38.3 Å². The number of aliphatic imine (C=N–C) groups is 1. The van der Waals surface area contributed by atoms with Gasteiger partial charge in [-0.3, -0.25) is 4.99 Å². The van der Waals surface area contributed by atoms with Gasteiger partial charge in [-0.1, -0.05) is 0 Å². The lowest BCUT2D eigenvalue weighted by molar-refractivity contribution is 0.117. The predicted octanol–water partition coefficient (Wildman–Crippen LogP) is 3.02. The summed E-state index contributed by atoms with van der Waals surface area (Å²) in [5, 5.41) is 3.54. The molecule has 1 N–H and O–H groups in total. The highest BCUT2D eigenvalue weighted by Crippen LogP contribution is 2.33. The van der Waals surface area contributed by atoms with Crippen LogP contribution in [0, 0.1) is 0 Å². The summed E-state index contributed by atoms with van der Waals surface area (Å²) in [5.74, 6) is 3.45. The Hall–Kier alpha value is -2.67. The fourth-order valence-corrected chi connectivity index (χ4v) is 4.06. The Kier molecular flexibility index (Phi) is 6.79. The van der Waals surface area contributed by atoms with Crippen LogP contribution in [0.15, 0.2) is 39.9 Å². The van der Waals surface area contributed by atoms with E-state index in [4.69, 9.17) is 23.6 Å². The van der Waals surface area contributed by atoms with Gasteiger partial charge in [-0.15, -0.1) is 0 Å². The zero-order chi connectivity index (χ0) is 20.8. The van der Waals surface area contributed by atoms with E-state index in [2.05, 4.69) is 22.3 Å². The van der Waals surface area contributed by atoms with Crippen LogP contribution in [0.25, 0.3) is 0 Å². The van der Waals surface area contributed by atoms with Gasteiger partial charge >= 0.3 is 0 Å². The van der Waals surface area contributed by atoms with E-state index in [0.717, 1.165) is 75.1 Å². The number of furan rings is 1. The molecule has 1 atom stereocenters. The van der Waals surface area contributed by atoms with Gasteiger partial charge < -0.3 is 28.8 Å². The molecule has 0 amide bonds. The lowest BCUT2D eigenvalue weighted by atomic mass is 9.99. The maximum atomic E-state index is 5.77. The maximum Gasteiger partial charge on any atom is 0.194 e. The van der Waals surface area contributed by atoms with E-state index in [0.29, 0.717) is 6.54 Å². The second-order valence-electron chi connectivity index (χ2n) is 7.70. The normalized spacial score (nSPS) is 18.9. The van der Waals surface area contributed by atoms with Gasteiger partial charge in [0.25, 0.3) is 0 Å². The van der Waals surface area contributed by atoms with Crippen molar-refractivity contribution in [3.63, 3.8) is 0 Å². The van der Waals surface area contributed by atoms with E-state index in [1.54, 1.807) is 20.5 Å². The molecular weight excluding hydrogens is 382 g/mol. The Morgan fingerprint density at radius 2 is 2.07 bits per heavy atom. The number of hydrogen-bond donors (Lipinski definition) is 1. The molecule has 2 aromatic rings. The number of fused-ring (bicyclic) bond motifs is 1. The van der Waals surface area contributed by atoms with Gasteiger partial charge in [0.15, 0.2) is 17.5 Å². The Morgan fingerprint density at radius 3 is 2.77 bits per heavy atom. The SMILES string of the molecule is COc1cc2c(cc1OC)CN(C(=NCC1CCCO1)NCCc1ccco1)CC2. The number of hydrogen-bond acceptors (Lipinski definition) is 5. The summed E-state index contributed by atoms with van der Waals surface area (Å²) in [5.41, 5.74) is 2.55. The predicted molar refractivity (Wildman–Crippen MR) is 115 cm³/mol. The molecule has 0 aliphatic carbocycles. The van der Waals surface area contributed by atoms with Crippen LogP contribution in [0.5, 0.6) is 11.5 Å². The summed E-state index contributed by atoms with van der Waals surface area (Å²) >= 11 is 0. The lowest BCUT2D eigenvalue weighted by Crippen LogP contribution is -2.45. The first-order chi connectivity index (χ1) is 14.8. The number of ether oxygens (including phenoxy) is 3. The first-order valence-corrected chi connectivity index (χ1v) is 10.7. The minimum absolute atomic E-state index is 0.230. The number of rotatable bonds is 7. The van der Waals surface area contributed by atoms with Crippen molar-refractivity contribution in [3.05, 3.63) is 47.4 Å². The maximum absolute atomic E-state index is 5.77. The highest BCUT2D eigenvalue weighted by molar-refractivity contribution is 5.80. The molecule has 7 nitrogen and oxygen atoms in total. The van der Waals surface area contributed by atoms with Crippen LogP contribution < -0.4 is 14.8 Å². The third kappa shape index (κ3) is 4.90. The molecule has 1 unspecified atom stereocenters. The first-order valence-electron chi connectivity index (χ1n) is 10.7. The van der Waals surface area contributed by atoms with E-state index in [1.807, 2.05) is 12.1 Å². The van der Waals surface area contributed by atoms with Gasteiger partial charge in [-0.05, 0) is 54.7 Å². The minimum Gasteiger partial charge on any atom is -0.493 e. The molecule has 30 heavy (non-hydrogen) atoms. The topological polar surface area (TPSA) is 68.5 Å². The zero-order valence-corrected chi connectivity index (χ0v) is 17.9. The Balaban J connectivity index is 1.47. The molecule has 0 bridgehead atoms. The molecule has 1 fully saturated rings.